The molecule has 0 fully saturated rings. The smallest absolute Gasteiger partial charge is 0.269 e. The fourth-order valence-electron chi connectivity index (χ4n) is 4.63. The standard InChI is InChI=1S/C24H20BrN3O4S/c25-16-7-9-17(10-8-16)27-33(31,32)19-11-12-23-22(14-19)20-5-2-6-21(20)24(26-23)15-3-1-4-18(13-15)28(29)30/h1-5,7-14,20-21,24,26-27H,6H2/t20-,21+,24+/m0/s1. The predicted octanol–water partition coefficient (Wildman–Crippen LogP) is 5.98. The molecule has 0 unspecified atom stereocenters. The zero-order valence-corrected chi connectivity index (χ0v) is 19.7. The summed E-state index contributed by atoms with van der Waals surface area (Å²) in [6.07, 6.45) is 5.00. The van der Waals surface area contributed by atoms with Crippen LogP contribution in [0.1, 0.15) is 29.5 Å². The maximum Gasteiger partial charge on any atom is 0.269 e. The van der Waals surface area contributed by atoms with Crippen molar-refractivity contribution in [1.82, 2.24) is 0 Å². The molecule has 0 saturated carbocycles. The van der Waals surface area contributed by atoms with Crippen molar-refractivity contribution in [2.45, 2.75) is 23.3 Å². The minimum atomic E-state index is -3.76. The Morgan fingerprint density at radius 1 is 1.06 bits per heavy atom. The van der Waals surface area contributed by atoms with Crippen molar-refractivity contribution in [3.05, 3.63) is 105 Å². The van der Waals surface area contributed by atoms with E-state index in [2.05, 4.69) is 38.1 Å². The zero-order chi connectivity index (χ0) is 23.2. The van der Waals surface area contributed by atoms with E-state index in [0.717, 1.165) is 27.7 Å². The summed E-state index contributed by atoms with van der Waals surface area (Å²) in [7, 11) is -3.76. The van der Waals surface area contributed by atoms with Crippen molar-refractivity contribution in [2.24, 2.45) is 5.92 Å². The van der Waals surface area contributed by atoms with Gasteiger partial charge in [0.2, 0.25) is 0 Å². The molecule has 0 aromatic heterocycles. The molecule has 0 saturated heterocycles. The number of sulfonamides is 1. The monoisotopic (exact) mass is 525 g/mol. The second-order valence-corrected chi connectivity index (χ2v) is 10.8. The average Bonchev–Trinajstić information content (AvgIpc) is 3.30. The van der Waals surface area contributed by atoms with Gasteiger partial charge in [-0.25, -0.2) is 8.42 Å². The zero-order valence-electron chi connectivity index (χ0n) is 17.3. The van der Waals surface area contributed by atoms with Crippen LogP contribution in [0.3, 0.4) is 0 Å². The van der Waals surface area contributed by atoms with Crippen LogP contribution in [-0.4, -0.2) is 13.3 Å². The average molecular weight is 526 g/mol. The van der Waals surface area contributed by atoms with E-state index >= 15 is 0 Å². The number of nitrogens with zero attached hydrogens (tertiary/aromatic N) is 1. The second-order valence-electron chi connectivity index (χ2n) is 8.19. The number of hydrogen-bond acceptors (Lipinski definition) is 5. The number of nitro groups is 1. The maximum absolute atomic E-state index is 13.0. The Hall–Kier alpha value is -3.17. The van der Waals surface area contributed by atoms with Gasteiger partial charge in [0.1, 0.15) is 0 Å². The van der Waals surface area contributed by atoms with Crippen LogP contribution in [0.4, 0.5) is 17.1 Å². The largest absolute Gasteiger partial charge is 0.378 e. The number of non-ortho nitro benzene ring substituents is 1. The van der Waals surface area contributed by atoms with E-state index in [4.69, 9.17) is 0 Å². The highest BCUT2D eigenvalue weighted by atomic mass is 79.9. The number of halogens is 1. The molecular formula is C24H20BrN3O4S. The van der Waals surface area contributed by atoms with Crippen molar-refractivity contribution in [3.63, 3.8) is 0 Å². The quantitative estimate of drug-likeness (QED) is 0.242. The van der Waals surface area contributed by atoms with Gasteiger partial charge in [0.25, 0.3) is 15.7 Å². The normalized spacial score (nSPS) is 21.1. The molecule has 5 rings (SSSR count). The molecule has 3 aromatic carbocycles. The maximum atomic E-state index is 13.0. The first kappa shape index (κ1) is 21.7. The Bertz CT molecular complexity index is 1370. The summed E-state index contributed by atoms with van der Waals surface area (Å²) < 4.78 is 29.5. The van der Waals surface area contributed by atoms with Gasteiger partial charge in [-0.15, -0.1) is 0 Å². The Morgan fingerprint density at radius 2 is 1.85 bits per heavy atom. The Balaban J connectivity index is 1.48. The third-order valence-electron chi connectivity index (χ3n) is 6.18. The molecule has 0 bridgehead atoms. The van der Waals surface area contributed by atoms with E-state index in [1.54, 1.807) is 54.6 Å². The molecule has 7 nitrogen and oxygen atoms in total. The Labute approximate surface area is 199 Å². The van der Waals surface area contributed by atoms with Gasteiger partial charge in [0, 0.05) is 33.9 Å². The summed E-state index contributed by atoms with van der Waals surface area (Å²) in [6.45, 7) is 0. The number of rotatable bonds is 5. The number of benzene rings is 3. The van der Waals surface area contributed by atoms with Crippen LogP contribution < -0.4 is 10.0 Å². The van der Waals surface area contributed by atoms with Gasteiger partial charge in [0.05, 0.1) is 15.9 Å². The molecule has 1 aliphatic heterocycles. The van der Waals surface area contributed by atoms with Crippen LogP contribution in [0.15, 0.2) is 88.3 Å². The molecular weight excluding hydrogens is 506 g/mol. The van der Waals surface area contributed by atoms with E-state index in [1.807, 2.05) is 6.07 Å². The van der Waals surface area contributed by atoms with Gasteiger partial charge in [0.15, 0.2) is 0 Å². The van der Waals surface area contributed by atoms with Gasteiger partial charge >= 0.3 is 0 Å². The van der Waals surface area contributed by atoms with Crippen LogP contribution in [0.25, 0.3) is 0 Å². The highest BCUT2D eigenvalue weighted by Crippen LogP contribution is 2.50. The highest BCUT2D eigenvalue weighted by Gasteiger charge is 2.38. The topological polar surface area (TPSA) is 101 Å². The van der Waals surface area contributed by atoms with Crippen LogP contribution in [-0.2, 0) is 10.0 Å². The fraction of sp³-hybridized carbons (Fsp3) is 0.167. The van der Waals surface area contributed by atoms with Crippen LogP contribution >= 0.6 is 15.9 Å². The Morgan fingerprint density at radius 3 is 2.61 bits per heavy atom. The van der Waals surface area contributed by atoms with Gasteiger partial charge in [-0.05, 0) is 65.9 Å². The first-order chi connectivity index (χ1) is 15.8. The molecule has 3 atom stereocenters. The van der Waals surface area contributed by atoms with Crippen molar-refractivity contribution in [2.75, 3.05) is 10.0 Å². The van der Waals surface area contributed by atoms with Crippen molar-refractivity contribution in [1.29, 1.82) is 0 Å². The van der Waals surface area contributed by atoms with E-state index in [-0.39, 0.29) is 33.4 Å². The lowest BCUT2D eigenvalue weighted by atomic mass is 9.77. The summed E-state index contributed by atoms with van der Waals surface area (Å²) in [5.41, 5.74) is 3.14. The summed E-state index contributed by atoms with van der Waals surface area (Å²) in [5.74, 6) is 0.158. The molecule has 168 valence electrons. The van der Waals surface area contributed by atoms with Crippen LogP contribution in [0, 0.1) is 16.0 Å². The minimum Gasteiger partial charge on any atom is -0.378 e. The van der Waals surface area contributed by atoms with Gasteiger partial charge < -0.3 is 5.32 Å². The van der Waals surface area contributed by atoms with Crippen molar-refractivity contribution < 1.29 is 13.3 Å². The van der Waals surface area contributed by atoms with Gasteiger partial charge in [-0.2, -0.15) is 0 Å². The summed E-state index contributed by atoms with van der Waals surface area (Å²) in [4.78, 5) is 11.1. The third-order valence-corrected chi connectivity index (χ3v) is 8.09. The molecule has 0 amide bonds. The molecule has 3 aromatic rings. The second kappa shape index (κ2) is 8.31. The first-order valence-electron chi connectivity index (χ1n) is 10.4. The lowest BCUT2D eigenvalue weighted by molar-refractivity contribution is -0.384. The molecule has 33 heavy (non-hydrogen) atoms. The minimum absolute atomic E-state index is 0.0216. The number of nitrogens with one attached hydrogen (secondary N) is 2. The molecule has 2 aliphatic rings. The van der Waals surface area contributed by atoms with E-state index in [1.165, 1.54) is 6.07 Å². The number of allylic oxidation sites excluding steroid dienone is 2. The summed E-state index contributed by atoms with van der Waals surface area (Å²) in [5, 5.41) is 14.8. The summed E-state index contributed by atoms with van der Waals surface area (Å²) >= 11 is 3.35. The highest BCUT2D eigenvalue weighted by molar-refractivity contribution is 9.10. The van der Waals surface area contributed by atoms with E-state index in [0.29, 0.717) is 5.69 Å². The van der Waals surface area contributed by atoms with Gasteiger partial charge in [-0.3, -0.25) is 14.8 Å². The Kier molecular flexibility index (Phi) is 5.46. The lowest BCUT2D eigenvalue weighted by Crippen LogP contribution is -2.29. The molecule has 0 radical (unpaired) electrons. The van der Waals surface area contributed by atoms with Crippen LogP contribution in [0.5, 0.6) is 0 Å². The molecule has 9 heteroatoms. The predicted molar refractivity (Wildman–Crippen MR) is 131 cm³/mol. The van der Waals surface area contributed by atoms with Crippen LogP contribution in [0.2, 0.25) is 0 Å². The SMILES string of the molecule is O=[N+]([O-])c1cccc([C@H]2Nc3ccc(S(=O)(=O)Nc4ccc(Br)cc4)cc3[C@H]3C=CC[C@H]32)c1. The van der Waals surface area contributed by atoms with Crippen molar-refractivity contribution in [3.8, 4) is 0 Å². The number of fused-ring (bicyclic) bond motifs is 3. The van der Waals surface area contributed by atoms with E-state index in [9.17, 15) is 18.5 Å². The third kappa shape index (κ3) is 4.14. The van der Waals surface area contributed by atoms with E-state index < -0.39 is 10.0 Å². The first-order valence-corrected chi connectivity index (χ1v) is 12.7. The van der Waals surface area contributed by atoms with Gasteiger partial charge in [-0.1, -0.05) is 40.2 Å². The number of anilines is 2. The molecule has 0 spiro atoms. The summed E-state index contributed by atoms with van der Waals surface area (Å²) in [6, 6.07) is 18.6. The fourth-order valence-corrected chi connectivity index (χ4v) is 5.99. The number of hydrogen-bond donors (Lipinski definition) is 2. The molecule has 1 heterocycles. The number of nitro benzene ring substituents is 1. The molecule has 2 N–H and O–H groups in total. The molecule has 1 aliphatic carbocycles. The van der Waals surface area contributed by atoms with Crippen molar-refractivity contribution >= 4 is 43.0 Å². The lowest BCUT2D eigenvalue weighted by Gasteiger charge is -2.37.